The summed E-state index contributed by atoms with van der Waals surface area (Å²) in [6, 6.07) is 2.33. The Bertz CT molecular complexity index is 375. The average molecular weight is 240 g/mol. The number of carbonyl (C=O) groups excluding carboxylic acids is 1. The van der Waals surface area contributed by atoms with Gasteiger partial charge in [-0.2, -0.15) is 0 Å². The van der Waals surface area contributed by atoms with E-state index in [9.17, 15) is 9.59 Å². The van der Waals surface area contributed by atoms with Crippen LogP contribution in [0, 0.1) is 0 Å². The molecule has 94 valence electrons. The topological polar surface area (TPSA) is 82.8 Å². The molecular formula is C11H16N2O4. The Morgan fingerprint density at radius 1 is 1.59 bits per heavy atom. The smallest absolute Gasteiger partial charge is 0.326 e. The van der Waals surface area contributed by atoms with Crippen molar-refractivity contribution >= 4 is 12.0 Å². The highest BCUT2D eigenvalue weighted by Crippen LogP contribution is 2.00. The molecule has 17 heavy (non-hydrogen) atoms. The van der Waals surface area contributed by atoms with Crippen LogP contribution in [0.2, 0.25) is 0 Å². The van der Waals surface area contributed by atoms with Crippen LogP contribution in [-0.2, 0) is 11.2 Å². The third-order valence-corrected chi connectivity index (χ3v) is 2.49. The molecule has 1 atom stereocenters. The van der Waals surface area contributed by atoms with E-state index in [1.165, 1.54) is 14.0 Å². The molecule has 0 aliphatic carbocycles. The second kappa shape index (κ2) is 5.93. The van der Waals surface area contributed by atoms with E-state index in [1.54, 1.807) is 12.3 Å². The Kier molecular flexibility index (Phi) is 4.56. The minimum atomic E-state index is -1.03. The first-order valence-electron chi connectivity index (χ1n) is 5.28. The number of aliphatic carboxylic acids is 1. The van der Waals surface area contributed by atoms with E-state index in [-0.39, 0.29) is 0 Å². The maximum Gasteiger partial charge on any atom is 0.326 e. The summed E-state index contributed by atoms with van der Waals surface area (Å²) in [5.74, 6) is -0.257. The Morgan fingerprint density at radius 3 is 2.82 bits per heavy atom. The van der Waals surface area contributed by atoms with Gasteiger partial charge in [-0.3, -0.25) is 0 Å². The highest BCUT2D eigenvalue weighted by Gasteiger charge is 2.20. The Hall–Kier alpha value is -1.98. The van der Waals surface area contributed by atoms with Crippen molar-refractivity contribution < 1.29 is 19.1 Å². The number of amides is 2. The average Bonchev–Trinajstić information content (AvgIpc) is 2.79. The number of hydrogen-bond acceptors (Lipinski definition) is 3. The van der Waals surface area contributed by atoms with Gasteiger partial charge in [-0.25, -0.2) is 9.59 Å². The highest BCUT2D eigenvalue weighted by atomic mass is 16.4. The van der Waals surface area contributed by atoms with Crippen LogP contribution in [-0.4, -0.2) is 41.6 Å². The van der Waals surface area contributed by atoms with Crippen molar-refractivity contribution in [3.8, 4) is 0 Å². The van der Waals surface area contributed by atoms with Gasteiger partial charge in [0, 0.05) is 20.0 Å². The second-order valence-electron chi connectivity index (χ2n) is 3.69. The van der Waals surface area contributed by atoms with Crippen LogP contribution in [0.25, 0.3) is 0 Å². The van der Waals surface area contributed by atoms with Crippen molar-refractivity contribution in [3.63, 3.8) is 0 Å². The van der Waals surface area contributed by atoms with Gasteiger partial charge < -0.3 is 19.7 Å². The van der Waals surface area contributed by atoms with Crippen LogP contribution in [0.3, 0.4) is 0 Å². The van der Waals surface area contributed by atoms with Crippen molar-refractivity contribution in [2.75, 3.05) is 13.6 Å². The molecule has 0 bridgehead atoms. The number of urea groups is 1. The minimum Gasteiger partial charge on any atom is -0.480 e. The van der Waals surface area contributed by atoms with E-state index < -0.39 is 18.0 Å². The third kappa shape index (κ3) is 3.82. The predicted molar refractivity (Wildman–Crippen MR) is 60.7 cm³/mol. The van der Waals surface area contributed by atoms with Gasteiger partial charge in [-0.1, -0.05) is 0 Å². The van der Waals surface area contributed by atoms with Crippen LogP contribution >= 0.6 is 0 Å². The fourth-order valence-corrected chi connectivity index (χ4v) is 1.21. The third-order valence-electron chi connectivity index (χ3n) is 2.49. The molecule has 1 aromatic heterocycles. The van der Waals surface area contributed by atoms with Crippen LogP contribution in [0.5, 0.6) is 0 Å². The lowest BCUT2D eigenvalue weighted by Crippen LogP contribution is -2.46. The number of furan rings is 1. The van der Waals surface area contributed by atoms with E-state index >= 15 is 0 Å². The molecule has 0 saturated heterocycles. The molecule has 0 aromatic carbocycles. The summed E-state index contributed by atoms with van der Waals surface area (Å²) >= 11 is 0. The molecule has 0 spiro atoms. The number of nitrogens with one attached hydrogen (secondary N) is 1. The number of rotatable bonds is 5. The van der Waals surface area contributed by atoms with E-state index in [1.807, 2.05) is 6.07 Å². The van der Waals surface area contributed by atoms with Gasteiger partial charge in [0.15, 0.2) is 0 Å². The molecule has 1 unspecified atom stereocenters. The fraction of sp³-hybridized carbons (Fsp3) is 0.455. The van der Waals surface area contributed by atoms with Crippen molar-refractivity contribution in [2.24, 2.45) is 0 Å². The SMILES string of the molecule is CC(C(=O)O)N(C)C(=O)NCCc1ccco1. The molecule has 0 radical (unpaired) electrons. The van der Waals surface area contributed by atoms with E-state index in [2.05, 4.69) is 5.32 Å². The van der Waals surface area contributed by atoms with Gasteiger partial charge in [0.25, 0.3) is 0 Å². The van der Waals surface area contributed by atoms with E-state index in [0.29, 0.717) is 13.0 Å². The first-order chi connectivity index (χ1) is 8.02. The molecule has 0 fully saturated rings. The maximum absolute atomic E-state index is 11.5. The van der Waals surface area contributed by atoms with Crippen molar-refractivity contribution in [1.82, 2.24) is 10.2 Å². The van der Waals surface area contributed by atoms with Gasteiger partial charge in [0.2, 0.25) is 0 Å². The number of carboxylic acid groups (broad SMARTS) is 1. The molecule has 0 aliphatic rings. The lowest BCUT2D eigenvalue weighted by molar-refractivity contribution is -0.141. The zero-order valence-electron chi connectivity index (χ0n) is 9.84. The van der Waals surface area contributed by atoms with E-state index in [0.717, 1.165) is 10.7 Å². The fourth-order valence-electron chi connectivity index (χ4n) is 1.21. The quantitative estimate of drug-likeness (QED) is 0.802. The van der Waals surface area contributed by atoms with Gasteiger partial charge in [0.05, 0.1) is 6.26 Å². The molecule has 6 nitrogen and oxygen atoms in total. The zero-order chi connectivity index (χ0) is 12.8. The summed E-state index contributed by atoms with van der Waals surface area (Å²) < 4.78 is 5.10. The van der Waals surface area contributed by atoms with E-state index in [4.69, 9.17) is 9.52 Å². The van der Waals surface area contributed by atoms with Crippen LogP contribution in [0.1, 0.15) is 12.7 Å². The highest BCUT2D eigenvalue weighted by molar-refractivity contribution is 5.82. The van der Waals surface area contributed by atoms with Crippen molar-refractivity contribution in [3.05, 3.63) is 24.2 Å². The molecule has 0 aliphatic heterocycles. The molecule has 1 heterocycles. The summed E-state index contributed by atoms with van der Waals surface area (Å²) in [7, 11) is 1.45. The van der Waals surface area contributed by atoms with Crippen molar-refractivity contribution in [2.45, 2.75) is 19.4 Å². The Labute approximate surface area is 99.2 Å². The van der Waals surface area contributed by atoms with Gasteiger partial charge in [-0.05, 0) is 19.1 Å². The molecular weight excluding hydrogens is 224 g/mol. The first kappa shape index (κ1) is 13.1. The lowest BCUT2D eigenvalue weighted by Gasteiger charge is -2.21. The molecule has 2 amide bonds. The second-order valence-corrected chi connectivity index (χ2v) is 3.69. The van der Waals surface area contributed by atoms with Crippen LogP contribution < -0.4 is 5.32 Å². The Morgan fingerprint density at radius 2 is 2.29 bits per heavy atom. The predicted octanol–water partition coefficient (Wildman–Crippen LogP) is 0.937. The standard InChI is InChI=1S/C11H16N2O4/c1-8(10(14)15)13(2)11(16)12-6-5-9-4-3-7-17-9/h3-4,7-8H,5-6H2,1-2H3,(H,12,16)(H,14,15). The largest absolute Gasteiger partial charge is 0.480 e. The molecule has 6 heteroatoms. The normalized spacial score (nSPS) is 11.9. The summed E-state index contributed by atoms with van der Waals surface area (Å²) in [5.41, 5.74) is 0. The van der Waals surface area contributed by atoms with Gasteiger partial charge in [-0.15, -0.1) is 0 Å². The Balaban J connectivity index is 2.32. The van der Waals surface area contributed by atoms with Crippen molar-refractivity contribution in [1.29, 1.82) is 0 Å². The monoisotopic (exact) mass is 240 g/mol. The number of hydrogen-bond donors (Lipinski definition) is 2. The van der Waals surface area contributed by atoms with Gasteiger partial charge in [0.1, 0.15) is 11.8 Å². The van der Waals surface area contributed by atoms with Crippen LogP contribution in [0.4, 0.5) is 4.79 Å². The molecule has 1 rings (SSSR count). The summed E-state index contributed by atoms with van der Waals surface area (Å²) in [6.45, 7) is 1.86. The lowest BCUT2D eigenvalue weighted by atomic mass is 10.3. The molecule has 1 aromatic rings. The number of carbonyl (C=O) groups is 2. The number of carboxylic acids is 1. The molecule has 0 saturated carbocycles. The summed E-state index contributed by atoms with van der Waals surface area (Å²) in [6.07, 6.45) is 2.14. The maximum atomic E-state index is 11.5. The minimum absolute atomic E-state index is 0.406. The number of likely N-dealkylation sites (N-methyl/N-ethyl adjacent to an activating group) is 1. The molecule has 2 N–H and O–H groups in total. The summed E-state index contributed by atoms with van der Waals surface area (Å²) in [5, 5.41) is 11.4. The van der Waals surface area contributed by atoms with Gasteiger partial charge >= 0.3 is 12.0 Å². The van der Waals surface area contributed by atoms with Crippen LogP contribution in [0.15, 0.2) is 22.8 Å². The number of nitrogens with zero attached hydrogens (tertiary/aromatic N) is 1. The zero-order valence-corrected chi connectivity index (χ0v) is 9.84. The first-order valence-corrected chi connectivity index (χ1v) is 5.28. The summed E-state index contributed by atoms with van der Waals surface area (Å²) in [4.78, 5) is 23.4.